The van der Waals surface area contributed by atoms with Crippen molar-refractivity contribution < 1.29 is 14.3 Å². The van der Waals surface area contributed by atoms with Crippen LogP contribution in [-0.2, 0) is 11.3 Å². The Labute approximate surface area is 198 Å². The Bertz CT molecular complexity index is 1390. The molecule has 0 bridgehead atoms. The number of Topliss-reactive ketones (excluding diaryl/α,β-unsaturated/α-hetero) is 1. The topological polar surface area (TPSA) is 90.3 Å². The molecule has 0 radical (unpaired) electrons. The van der Waals surface area contributed by atoms with Crippen LogP contribution in [0, 0.1) is 0 Å². The number of fused-ring (bicyclic) bond motifs is 1. The average Bonchev–Trinajstić information content (AvgIpc) is 3.29. The van der Waals surface area contributed by atoms with Crippen molar-refractivity contribution in [3.05, 3.63) is 81.5 Å². The Kier molecular flexibility index (Phi) is 6.90. The summed E-state index contributed by atoms with van der Waals surface area (Å²) in [4.78, 5) is 41.9. The lowest BCUT2D eigenvalue weighted by atomic mass is 10.1. The van der Waals surface area contributed by atoms with E-state index in [1.165, 1.54) is 30.0 Å². The van der Waals surface area contributed by atoms with Crippen molar-refractivity contribution in [2.24, 2.45) is 0 Å². The lowest BCUT2D eigenvalue weighted by molar-refractivity contribution is -0.113. The maximum Gasteiger partial charge on any atom is 0.272 e. The highest BCUT2D eigenvalue weighted by Gasteiger charge is 2.15. The third-order valence-electron chi connectivity index (χ3n) is 4.89. The van der Waals surface area contributed by atoms with Crippen LogP contribution in [-0.4, -0.2) is 34.1 Å². The Morgan fingerprint density at radius 3 is 2.76 bits per heavy atom. The first-order valence-electron chi connectivity index (χ1n) is 10.1. The number of hydrogen-bond donors (Lipinski definition) is 1. The molecule has 0 unspecified atom stereocenters. The van der Waals surface area contributed by atoms with Gasteiger partial charge in [-0.25, -0.2) is 4.98 Å². The van der Waals surface area contributed by atoms with Gasteiger partial charge in [-0.3, -0.25) is 19.0 Å². The summed E-state index contributed by atoms with van der Waals surface area (Å²) in [5.74, 6) is 0.431. The van der Waals surface area contributed by atoms with E-state index in [1.807, 2.05) is 29.6 Å². The van der Waals surface area contributed by atoms with Crippen molar-refractivity contribution in [1.82, 2.24) is 9.55 Å². The molecule has 168 valence electrons. The monoisotopic (exact) mass is 479 g/mol. The zero-order valence-corrected chi connectivity index (χ0v) is 19.7. The van der Waals surface area contributed by atoms with Gasteiger partial charge < -0.3 is 10.1 Å². The molecule has 0 spiro atoms. The van der Waals surface area contributed by atoms with E-state index in [0.29, 0.717) is 38.9 Å². The molecule has 7 nitrogen and oxygen atoms in total. The van der Waals surface area contributed by atoms with Gasteiger partial charge in [0.15, 0.2) is 10.9 Å². The zero-order valence-electron chi connectivity index (χ0n) is 18.0. The second-order valence-corrected chi connectivity index (χ2v) is 9.10. The molecule has 0 atom stereocenters. The summed E-state index contributed by atoms with van der Waals surface area (Å²) in [7, 11) is 1.59. The van der Waals surface area contributed by atoms with Crippen LogP contribution in [0.4, 0.5) is 5.69 Å². The van der Waals surface area contributed by atoms with Gasteiger partial charge in [0.1, 0.15) is 10.4 Å². The summed E-state index contributed by atoms with van der Waals surface area (Å²) in [6.45, 7) is 1.78. The van der Waals surface area contributed by atoms with E-state index in [9.17, 15) is 14.4 Å². The number of carbonyl (C=O) groups excluding carboxylic acids is 2. The van der Waals surface area contributed by atoms with Crippen molar-refractivity contribution in [2.75, 3.05) is 18.2 Å². The summed E-state index contributed by atoms with van der Waals surface area (Å²) < 4.78 is 7.45. The van der Waals surface area contributed by atoms with Gasteiger partial charge in [-0.15, -0.1) is 11.3 Å². The van der Waals surface area contributed by atoms with Crippen molar-refractivity contribution in [3.8, 4) is 5.75 Å². The van der Waals surface area contributed by atoms with Gasteiger partial charge >= 0.3 is 0 Å². The van der Waals surface area contributed by atoms with Gasteiger partial charge in [-0.2, -0.15) is 0 Å². The van der Waals surface area contributed by atoms with Crippen molar-refractivity contribution in [1.29, 1.82) is 0 Å². The molecule has 2 aromatic heterocycles. The molecule has 0 aliphatic carbocycles. The van der Waals surface area contributed by atoms with Crippen molar-refractivity contribution >= 4 is 50.7 Å². The molecule has 9 heteroatoms. The highest BCUT2D eigenvalue weighted by molar-refractivity contribution is 7.99. The molecule has 4 aromatic rings. The number of carbonyl (C=O) groups is 2. The summed E-state index contributed by atoms with van der Waals surface area (Å²) in [5.41, 5.74) is 2.43. The number of thioether (sulfide) groups is 1. The fourth-order valence-electron chi connectivity index (χ4n) is 3.27. The molecule has 0 fully saturated rings. The van der Waals surface area contributed by atoms with E-state index < -0.39 is 0 Å². The van der Waals surface area contributed by atoms with Gasteiger partial charge in [-0.1, -0.05) is 36.0 Å². The number of ether oxygens (including phenoxy) is 1. The summed E-state index contributed by atoms with van der Waals surface area (Å²) >= 11 is 2.54. The van der Waals surface area contributed by atoms with E-state index in [0.717, 1.165) is 5.56 Å². The first kappa shape index (κ1) is 22.8. The third kappa shape index (κ3) is 5.32. The fraction of sp³-hybridized carbons (Fsp3) is 0.167. The second kappa shape index (κ2) is 10.0. The summed E-state index contributed by atoms with van der Waals surface area (Å²) in [6.07, 6.45) is 0. The lowest BCUT2D eigenvalue weighted by Gasteiger charge is -2.13. The van der Waals surface area contributed by atoms with E-state index >= 15 is 0 Å². The Morgan fingerprint density at radius 1 is 1.15 bits per heavy atom. The maximum atomic E-state index is 13.2. The predicted molar refractivity (Wildman–Crippen MR) is 132 cm³/mol. The van der Waals surface area contributed by atoms with Crippen molar-refractivity contribution in [2.45, 2.75) is 18.6 Å². The Balaban J connectivity index is 1.57. The predicted octanol–water partition coefficient (Wildman–Crippen LogP) is 4.45. The van der Waals surface area contributed by atoms with Gasteiger partial charge in [0.05, 0.1) is 24.9 Å². The Morgan fingerprint density at radius 2 is 1.97 bits per heavy atom. The highest BCUT2D eigenvalue weighted by Crippen LogP contribution is 2.23. The Hall–Kier alpha value is -3.43. The highest BCUT2D eigenvalue weighted by atomic mass is 32.2. The van der Waals surface area contributed by atoms with Crippen LogP contribution in [0.15, 0.2) is 69.9 Å². The summed E-state index contributed by atoms with van der Waals surface area (Å²) in [6, 6.07) is 16.1. The van der Waals surface area contributed by atoms with Crippen LogP contribution in [0.3, 0.4) is 0 Å². The minimum Gasteiger partial charge on any atom is -0.497 e. The molecule has 33 heavy (non-hydrogen) atoms. The van der Waals surface area contributed by atoms with Gasteiger partial charge in [0.25, 0.3) is 5.56 Å². The maximum absolute atomic E-state index is 13.2. The molecular formula is C24H21N3O4S2. The van der Waals surface area contributed by atoms with Gasteiger partial charge in [-0.05, 0) is 48.2 Å². The molecule has 2 aromatic carbocycles. The van der Waals surface area contributed by atoms with E-state index in [-0.39, 0.29) is 23.0 Å². The number of anilines is 1. The smallest absolute Gasteiger partial charge is 0.272 e. The van der Waals surface area contributed by atoms with Gasteiger partial charge in [0.2, 0.25) is 5.91 Å². The van der Waals surface area contributed by atoms with E-state index in [4.69, 9.17) is 4.74 Å². The normalized spacial score (nSPS) is 10.8. The van der Waals surface area contributed by atoms with E-state index in [1.54, 1.807) is 42.0 Å². The number of nitrogens with zero attached hydrogens (tertiary/aromatic N) is 2. The molecule has 1 N–H and O–H groups in total. The molecule has 0 saturated heterocycles. The van der Waals surface area contributed by atoms with Crippen molar-refractivity contribution in [3.63, 3.8) is 0 Å². The largest absolute Gasteiger partial charge is 0.497 e. The number of ketones is 1. The number of methoxy groups -OCH3 is 1. The molecule has 1 amide bonds. The molecule has 4 rings (SSSR count). The number of benzene rings is 2. The second-order valence-electron chi connectivity index (χ2n) is 7.25. The number of amides is 1. The molecule has 2 heterocycles. The van der Waals surface area contributed by atoms with Crippen LogP contribution in [0.25, 0.3) is 10.2 Å². The number of rotatable bonds is 8. The lowest BCUT2D eigenvalue weighted by Crippen LogP contribution is -2.24. The third-order valence-corrected chi connectivity index (χ3v) is 6.76. The fourth-order valence-corrected chi connectivity index (χ4v) is 4.85. The SMILES string of the molecule is COc1cccc(Cn2c(SCC(=O)Nc3cccc(C(C)=O)c3)nc3ccsc3c2=O)c1. The van der Waals surface area contributed by atoms with Crippen LogP contribution >= 0.6 is 23.1 Å². The van der Waals surface area contributed by atoms with Crippen LogP contribution in [0.5, 0.6) is 5.75 Å². The van der Waals surface area contributed by atoms with E-state index in [2.05, 4.69) is 10.3 Å². The number of thiophene rings is 1. The molecule has 0 saturated carbocycles. The number of aromatic nitrogens is 2. The minimum absolute atomic E-state index is 0.0600. The standard InChI is InChI=1S/C24H21N3O4S2/c1-15(28)17-6-4-7-18(12-17)25-21(29)14-33-24-26-20-9-10-32-22(20)23(30)27(24)13-16-5-3-8-19(11-16)31-2/h3-12H,13-14H2,1-2H3,(H,25,29). The summed E-state index contributed by atoms with van der Waals surface area (Å²) in [5, 5.41) is 5.09. The van der Waals surface area contributed by atoms with Gasteiger partial charge in [0, 0.05) is 11.3 Å². The quantitative estimate of drug-likeness (QED) is 0.228. The zero-order chi connectivity index (χ0) is 23.4. The molecular weight excluding hydrogens is 458 g/mol. The average molecular weight is 480 g/mol. The molecule has 0 aliphatic heterocycles. The van der Waals surface area contributed by atoms with Crippen LogP contribution in [0.2, 0.25) is 0 Å². The first-order valence-corrected chi connectivity index (χ1v) is 12.0. The number of nitrogens with one attached hydrogen (secondary N) is 1. The number of hydrogen-bond acceptors (Lipinski definition) is 7. The first-order chi connectivity index (χ1) is 15.9. The van der Waals surface area contributed by atoms with Crippen LogP contribution in [0.1, 0.15) is 22.8 Å². The van der Waals surface area contributed by atoms with Crippen LogP contribution < -0.4 is 15.6 Å². The minimum atomic E-state index is -0.256. The molecule has 0 aliphatic rings.